The van der Waals surface area contributed by atoms with Gasteiger partial charge in [-0.1, -0.05) is 30.3 Å². The number of aryl methyl sites for hydroxylation is 1. The van der Waals surface area contributed by atoms with Gasteiger partial charge < -0.3 is 15.2 Å². The van der Waals surface area contributed by atoms with Crippen molar-refractivity contribution in [3.8, 4) is 0 Å². The topological polar surface area (TPSA) is 59.0 Å². The summed E-state index contributed by atoms with van der Waals surface area (Å²) in [5, 5.41) is 5.96. The van der Waals surface area contributed by atoms with Crippen LogP contribution in [0.3, 0.4) is 0 Å². The summed E-state index contributed by atoms with van der Waals surface area (Å²) in [5.41, 5.74) is 1.50. The first-order valence-corrected chi connectivity index (χ1v) is 8.31. The number of carbonyl (C=O) groups is 1. The average molecular weight is 312 g/mol. The fourth-order valence-electron chi connectivity index (χ4n) is 2.86. The normalized spacial score (nSPS) is 15.1. The molecule has 5 nitrogen and oxygen atoms in total. The average Bonchev–Trinajstić information content (AvgIpc) is 3.21. The van der Waals surface area contributed by atoms with Crippen LogP contribution in [0.25, 0.3) is 0 Å². The van der Waals surface area contributed by atoms with Gasteiger partial charge in [-0.25, -0.2) is 9.78 Å². The van der Waals surface area contributed by atoms with Crippen molar-refractivity contribution in [3.05, 3.63) is 54.6 Å². The van der Waals surface area contributed by atoms with E-state index in [0.717, 1.165) is 38.8 Å². The number of nitrogens with zero attached hydrogens (tertiary/aromatic N) is 2. The number of hydrogen-bond donors (Lipinski definition) is 2. The first kappa shape index (κ1) is 15.6. The van der Waals surface area contributed by atoms with Crippen molar-refractivity contribution >= 4 is 6.03 Å². The standard InChI is InChI=1S/C18H24N4O/c23-17(20-10-4-5-12-22-13-11-19-15-22)21-14-18(8-9-18)16-6-2-1-3-7-16/h1-3,6-7,11,13,15H,4-5,8-10,12,14H2,(H2,20,21,23). The Hall–Kier alpha value is -2.30. The SMILES string of the molecule is O=C(NCCCCn1ccnc1)NCC1(c2ccccc2)CC1. The van der Waals surface area contributed by atoms with E-state index in [-0.39, 0.29) is 11.4 Å². The Kier molecular flexibility index (Phi) is 4.95. The summed E-state index contributed by atoms with van der Waals surface area (Å²) < 4.78 is 2.05. The van der Waals surface area contributed by atoms with Crippen molar-refractivity contribution in [2.24, 2.45) is 0 Å². The molecule has 1 aromatic heterocycles. The zero-order valence-corrected chi connectivity index (χ0v) is 13.4. The summed E-state index contributed by atoms with van der Waals surface area (Å²) in [4.78, 5) is 15.9. The maximum absolute atomic E-state index is 11.9. The lowest BCUT2D eigenvalue weighted by Gasteiger charge is -2.17. The third-order valence-corrected chi connectivity index (χ3v) is 4.51. The highest BCUT2D eigenvalue weighted by atomic mass is 16.2. The van der Waals surface area contributed by atoms with Crippen LogP contribution >= 0.6 is 0 Å². The molecule has 2 aromatic rings. The van der Waals surface area contributed by atoms with Gasteiger partial charge >= 0.3 is 6.03 Å². The van der Waals surface area contributed by atoms with E-state index in [9.17, 15) is 4.79 Å². The van der Waals surface area contributed by atoms with E-state index in [1.807, 2.05) is 18.6 Å². The molecule has 1 heterocycles. The molecule has 0 radical (unpaired) electrons. The summed E-state index contributed by atoms with van der Waals surface area (Å²) in [6.07, 6.45) is 9.87. The van der Waals surface area contributed by atoms with Crippen molar-refractivity contribution in [3.63, 3.8) is 0 Å². The highest BCUT2D eigenvalue weighted by Crippen LogP contribution is 2.47. The number of nitrogens with one attached hydrogen (secondary N) is 2. The number of rotatable bonds is 8. The van der Waals surface area contributed by atoms with Gasteiger partial charge in [-0.05, 0) is 31.2 Å². The quantitative estimate of drug-likeness (QED) is 0.736. The second-order valence-electron chi connectivity index (χ2n) is 6.26. The van der Waals surface area contributed by atoms with E-state index in [1.165, 1.54) is 5.56 Å². The lowest BCUT2D eigenvalue weighted by molar-refractivity contribution is 0.239. The van der Waals surface area contributed by atoms with Crippen LogP contribution in [0, 0.1) is 0 Å². The number of aromatic nitrogens is 2. The van der Waals surface area contributed by atoms with Gasteiger partial charge in [-0.15, -0.1) is 0 Å². The fourth-order valence-corrected chi connectivity index (χ4v) is 2.86. The summed E-state index contributed by atoms with van der Waals surface area (Å²) in [6, 6.07) is 10.4. The van der Waals surface area contributed by atoms with E-state index in [1.54, 1.807) is 6.20 Å². The lowest BCUT2D eigenvalue weighted by atomic mass is 9.96. The molecule has 0 atom stereocenters. The number of amides is 2. The van der Waals surface area contributed by atoms with Gasteiger partial charge in [-0.2, -0.15) is 0 Å². The van der Waals surface area contributed by atoms with E-state index in [0.29, 0.717) is 6.54 Å². The highest BCUT2D eigenvalue weighted by molar-refractivity contribution is 5.74. The number of hydrogen-bond acceptors (Lipinski definition) is 2. The Bertz CT molecular complexity index is 605. The van der Waals surface area contributed by atoms with Crippen LogP contribution in [-0.2, 0) is 12.0 Å². The van der Waals surface area contributed by atoms with E-state index in [4.69, 9.17) is 0 Å². The second kappa shape index (κ2) is 7.31. The van der Waals surface area contributed by atoms with Gasteiger partial charge in [0.2, 0.25) is 0 Å². The zero-order chi connectivity index (χ0) is 16.0. The van der Waals surface area contributed by atoms with Crippen LogP contribution in [0.15, 0.2) is 49.1 Å². The first-order chi connectivity index (χ1) is 11.3. The molecule has 5 heteroatoms. The molecule has 3 rings (SSSR count). The Balaban J connectivity index is 1.31. The second-order valence-corrected chi connectivity index (χ2v) is 6.26. The Morgan fingerprint density at radius 2 is 2.00 bits per heavy atom. The molecule has 1 saturated carbocycles. The maximum Gasteiger partial charge on any atom is 0.314 e. The lowest BCUT2D eigenvalue weighted by Crippen LogP contribution is -2.40. The Morgan fingerprint density at radius 3 is 2.70 bits per heavy atom. The highest BCUT2D eigenvalue weighted by Gasteiger charge is 2.44. The summed E-state index contributed by atoms with van der Waals surface area (Å²) in [6.45, 7) is 2.37. The molecule has 0 spiro atoms. The third kappa shape index (κ3) is 4.34. The van der Waals surface area contributed by atoms with Crippen LogP contribution in [0.1, 0.15) is 31.2 Å². The Morgan fingerprint density at radius 1 is 1.17 bits per heavy atom. The van der Waals surface area contributed by atoms with Gasteiger partial charge in [-0.3, -0.25) is 0 Å². The molecule has 1 aliphatic rings. The number of carbonyl (C=O) groups excluding carboxylic acids is 1. The predicted octanol–water partition coefficient (Wildman–Crippen LogP) is 2.69. The molecule has 1 fully saturated rings. The molecule has 2 N–H and O–H groups in total. The van der Waals surface area contributed by atoms with Crippen LogP contribution in [0.5, 0.6) is 0 Å². The van der Waals surface area contributed by atoms with Crippen molar-refractivity contribution in [2.75, 3.05) is 13.1 Å². The fraction of sp³-hybridized carbons (Fsp3) is 0.444. The molecule has 1 aliphatic carbocycles. The van der Waals surface area contributed by atoms with E-state index in [2.05, 4.69) is 44.5 Å². The minimum absolute atomic E-state index is 0.0603. The van der Waals surface area contributed by atoms with Crippen LogP contribution in [0.2, 0.25) is 0 Å². The minimum atomic E-state index is -0.0603. The summed E-state index contributed by atoms with van der Waals surface area (Å²) in [7, 11) is 0. The van der Waals surface area contributed by atoms with Crippen molar-refractivity contribution in [1.82, 2.24) is 20.2 Å². The van der Waals surface area contributed by atoms with Gasteiger partial charge in [0.1, 0.15) is 0 Å². The van der Waals surface area contributed by atoms with Gasteiger partial charge in [0.25, 0.3) is 0 Å². The predicted molar refractivity (Wildman–Crippen MR) is 90.2 cm³/mol. The van der Waals surface area contributed by atoms with Gasteiger partial charge in [0.05, 0.1) is 6.33 Å². The molecule has 0 saturated heterocycles. The van der Waals surface area contributed by atoms with Crippen molar-refractivity contribution in [1.29, 1.82) is 0 Å². The van der Waals surface area contributed by atoms with Gasteiger partial charge in [0, 0.05) is 37.4 Å². The molecule has 0 unspecified atom stereocenters. The van der Waals surface area contributed by atoms with Crippen molar-refractivity contribution < 1.29 is 4.79 Å². The molecule has 0 aliphatic heterocycles. The van der Waals surface area contributed by atoms with Crippen LogP contribution in [0.4, 0.5) is 4.79 Å². The first-order valence-electron chi connectivity index (χ1n) is 8.31. The number of imidazole rings is 1. The smallest absolute Gasteiger partial charge is 0.314 e. The number of unbranched alkanes of at least 4 members (excludes halogenated alkanes) is 1. The number of urea groups is 1. The molecular formula is C18H24N4O. The minimum Gasteiger partial charge on any atom is -0.338 e. The number of benzene rings is 1. The van der Waals surface area contributed by atoms with Crippen LogP contribution in [-0.4, -0.2) is 28.7 Å². The van der Waals surface area contributed by atoms with E-state index >= 15 is 0 Å². The molecule has 122 valence electrons. The van der Waals surface area contributed by atoms with E-state index < -0.39 is 0 Å². The van der Waals surface area contributed by atoms with Crippen molar-refractivity contribution in [2.45, 2.75) is 37.6 Å². The third-order valence-electron chi connectivity index (χ3n) is 4.51. The van der Waals surface area contributed by atoms with Gasteiger partial charge in [0.15, 0.2) is 0 Å². The summed E-state index contributed by atoms with van der Waals surface area (Å²) in [5.74, 6) is 0. The molecule has 0 bridgehead atoms. The molecule has 2 amide bonds. The molecule has 1 aromatic carbocycles. The molecule has 23 heavy (non-hydrogen) atoms. The monoisotopic (exact) mass is 312 g/mol. The zero-order valence-electron chi connectivity index (χ0n) is 13.4. The summed E-state index contributed by atoms with van der Waals surface area (Å²) >= 11 is 0. The molecular weight excluding hydrogens is 288 g/mol. The Labute approximate surface area is 137 Å². The maximum atomic E-state index is 11.9. The largest absolute Gasteiger partial charge is 0.338 e. The van der Waals surface area contributed by atoms with Crippen LogP contribution < -0.4 is 10.6 Å².